The van der Waals surface area contributed by atoms with E-state index in [-0.39, 0.29) is 11.4 Å². The van der Waals surface area contributed by atoms with Crippen molar-refractivity contribution >= 4 is 27.2 Å². The first kappa shape index (κ1) is 17.0. The number of benzene rings is 4. The van der Waals surface area contributed by atoms with Gasteiger partial charge < -0.3 is 5.11 Å². The molecule has 1 aliphatic heterocycles. The molecular weight excluding hydrogens is 372 g/mol. The number of rotatable bonds is 1. The predicted molar refractivity (Wildman–Crippen MR) is 120 cm³/mol. The number of aromatic nitrogens is 1. The number of pyridine rings is 1. The molecule has 0 saturated carbocycles. The van der Waals surface area contributed by atoms with Gasteiger partial charge in [0.25, 0.3) is 5.56 Å². The van der Waals surface area contributed by atoms with Gasteiger partial charge in [0.15, 0.2) is 0 Å². The van der Waals surface area contributed by atoms with Gasteiger partial charge in [-0.1, -0.05) is 48.5 Å². The van der Waals surface area contributed by atoms with Crippen molar-refractivity contribution in [3.05, 3.63) is 93.6 Å². The third-order valence-electron chi connectivity index (χ3n) is 6.11. The van der Waals surface area contributed by atoms with Gasteiger partial charge in [-0.3, -0.25) is 4.79 Å². The van der Waals surface area contributed by atoms with Gasteiger partial charge in [-0.15, -0.1) is 0 Å². The lowest BCUT2D eigenvalue weighted by Gasteiger charge is -2.18. The molecule has 4 heteroatoms. The Bertz CT molecular complexity index is 1620. The van der Waals surface area contributed by atoms with Gasteiger partial charge in [0, 0.05) is 32.7 Å². The second-order valence-corrected chi connectivity index (χ2v) is 7.88. The number of para-hydroxylation sites is 2. The zero-order chi connectivity index (χ0) is 20.6. The summed E-state index contributed by atoms with van der Waals surface area (Å²) in [5.41, 5.74) is 5.31. The van der Waals surface area contributed by atoms with Gasteiger partial charge in [0.1, 0.15) is 0 Å². The van der Waals surface area contributed by atoms with E-state index in [9.17, 15) is 9.90 Å². The van der Waals surface area contributed by atoms with Gasteiger partial charge in [-0.05, 0) is 43.2 Å². The standard InChI is InChI=1S/C26H18N2O2/c1-14-7-5-8-15(2)24(14)28-25(29)18-11-6-10-17-22(18)20(26(28)30)13-19-16-9-3-4-12-21(16)27-23(17)19/h3-13,30H,1-2H3. The highest BCUT2D eigenvalue weighted by Gasteiger charge is 2.23. The molecule has 0 aliphatic carbocycles. The summed E-state index contributed by atoms with van der Waals surface area (Å²) in [7, 11) is 0. The van der Waals surface area contributed by atoms with Gasteiger partial charge in [-0.2, -0.15) is 0 Å². The topological polar surface area (TPSA) is 54.6 Å². The van der Waals surface area contributed by atoms with Crippen molar-refractivity contribution in [2.24, 2.45) is 4.99 Å². The molecule has 0 unspecified atom stereocenters. The van der Waals surface area contributed by atoms with E-state index in [0.29, 0.717) is 10.8 Å². The molecule has 1 aromatic heterocycles. The van der Waals surface area contributed by atoms with Crippen LogP contribution in [-0.4, -0.2) is 9.67 Å². The average Bonchev–Trinajstić information content (AvgIpc) is 3.13. The second kappa shape index (κ2) is 5.80. The minimum absolute atomic E-state index is 0.0340. The highest BCUT2D eigenvalue weighted by molar-refractivity contribution is 6.14. The lowest BCUT2D eigenvalue weighted by atomic mass is 9.96. The summed E-state index contributed by atoms with van der Waals surface area (Å²) in [4.78, 5) is 18.4. The smallest absolute Gasteiger partial charge is 0.265 e. The summed E-state index contributed by atoms with van der Waals surface area (Å²) in [6.07, 6.45) is 0. The molecule has 0 spiro atoms. The summed E-state index contributed by atoms with van der Waals surface area (Å²) < 4.78 is 1.45. The van der Waals surface area contributed by atoms with Crippen LogP contribution in [0, 0.1) is 13.8 Å². The summed E-state index contributed by atoms with van der Waals surface area (Å²) >= 11 is 0. The van der Waals surface area contributed by atoms with E-state index in [1.807, 2.05) is 80.6 Å². The van der Waals surface area contributed by atoms with E-state index in [1.165, 1.54) is 4.57 Å². The van der Waals surface area contributed by atoms with Gasteiger partial charge in [0.05, 0.1) is 16.7 Å². The fourth-order valence-corrected chi connectivity index (χ4v) is 4.77. The predicted octanol–water partition coefficient (Wildman–Crippen LogP) is 5.12. The Balaban J connectivity index is 1.85. The number of nitrogens with zero attached hydrogens (tertiary/aromatic N) is 2. The molecule has 4 nitrogen and oxygen atoms in total. The second-order valence-electron chi connectivity index (χ2n) is 7.88. The van der Waals surface area contributed by atoms with Crippen molar-refractivity contribution in [1.82, 2.24) is 4.57 Å². The number of aryl methyl sites for hydroxylation is 2. The molecule has 0 amide bonds. The molecule has 1 N–H and O–H groups in total. The molecular formula is C26H18N2O2. The monoisotopic (exact) mass is 390 g/mol. The van der Waals surface area contributed by atoms with Crippen LogP contribution in [0.3, 0.4) is 0 Å². The molecule has 0 bridgehead atoms. The maximum absolute atomic E-state index is 13.6. The Morgan fingerprint density at radius 1 is 0.800 bits per heavy atom. The molecule has 5 aromatic rings. The third-order valence-corrected chi connectivity index (χ3v) is 6.11. The maximum atomic E-state index is 13.6. The van der Waals surface area contributed by atoms with Crippen molar-refractivity contribution in [2.75, 3.05) is 0 Å². The van der Waals surface area contributed by atoms with Crippen molar-refractivity contribution in [3.8, 4) is 22.7 Å². The van der Waals surface area contributed by atoms with Gasteiger partial charge in [0.2, 0.25) is 5.88 Å². The first-order valence-corrected chi connectivity index (χ1v) is 9.94. The van der Waals surface area contributed by atoms with Crippen molar-refractivity contribution in [2.45, 2.75) is 13.8 Å². The van der Waals surface area contributed by atoms with E-state index in [0.717, 1.165) is 49.8 Å². The van der Waals surface area contributed by atoms with Crippen molar-refractivity contribution < 1.29 is 5.11 Å². The van der Waals surface area contributed by atoms with E-state index in [1.54, 1.807) is 0 Å². The first-order valence-electron chi connectivity index (χ1n) is 9.94. The highest BCUT2D eigenvalue weighted by atomic mass is 16.3. The van der Waals surface area contributed by atoms with E-state index in [4.69, 9.17) is 4.99 Å². The highest BCUT2D eigenvalue weighted by Crippen LogP contribution is 2.39. The SMILES string of the molecule is Cc1cccc(C)c1-n1c(O)c2cc3c(c4cccc(c1=O)c24)=Nc1ccccc1-3. The number of fused-ring (bicyclic) bond motifs is 4. The fraction of sp³-hybridized carbons (Fsp3) is 0.0769. The van der Waals surface area contributed by atoms with Crippen molar-refractivity contribution in [3.63, 3.8) is 0 Å². The van der Waals surface area contributed by atoms with Gasteiger partial charge in [-0.25, -0.2) is 9.56 Å². The molecule has 6 rings (SSSR count). The zero-order valence-corrected chi connectivity index (χ0v) is 16.6. The lowest BCUT2D eigenvalue weighted by molar-refractivity contribution is 0.443. The van der Waals surface area contributed by atoms with Crippen LogP contribution in [0.25, 0.3) is 38.4 Å². The molecule has 0 saturated heterocycles. The zero-order valence-electron chi connectivity index (χ0n) is 16.6. The maximum Gasteiger partial charge on any atom is 0.265 e. The normalized spacial score (nSPS) is 12.2. The van der Waals surface area contributed by atoms with Crippen LogP contribution in [0.1, 0.15) is 11.1 Å². The minimum Gasteiger partial charge on any atom is -0.494 e. The minimum atomic E-state index is -0.224. The lowest BCUT2D eigenvalue weighted by Crippen LogP contribution is -2.21. The summed E-state index contributed by atoms with van der Waals surface area (Å²) in [5, 5.41) is 15.1. The number of aromatic hydroxyl groups is 1. The Kier molecular flexibility index (Phi) is 3.28. The van der Waals surface area contributed by atoms with Gasteiger partial charge >= 0.3 is 0 Å². The summed E-state index contributed by atoms with van der Waals surface area (Å²) in [6, 6.07) is 21.5. The summed E-state index contributed by atoms with van der Waals surface area (Å²) in [5.74, 6) is -0.0340. The molecule has 1 aliphatic rings. The van der Waals surface area contributed by atoms with E-state index in [2.05, 4.69) is 0 Å². The number of hydrogen-bond acceptors (Lipinski definition) is 3. The van der Waals surface area contributed by atoms with Crippen LogP contribution < -0.4 is 10.9 Å². The van der Waals surface area contributed by atoms with E-state index >= 15 is 0 Å². The number of hydrogen-bond donors (Lipinski definition) is 1. The van der Waals surface area contributed by atoms with Crippen LogP contribution in [0.4, 0.5) is 5.69 Å². The van der Waals surface area contributed by atoms with Crippen molar-refractivity contribution in [1.29, 1.82) is 0 Å². The molecule has 30 heavy (non-hydrogen) atoms. The fourth-order valence-electron chi connectivity index (χ4n) is 4.77. The Labute approximate surface area is 172 Å². The molecule has 144 valence electrons. The molecule has 4 aromatic carbocycles. The Morgan fingerprint density at radius 3 is 2.30 bits per heavy atom. The van der Waals surface area contributed by atoms with E-state index < -0.39 is 0 Å². The molecule has 0 atom stereocenters. The van der Waals surface area contributed by atoms with Crippen LogP contribution in [-0.2, 0) is 0 Å². The average molecular weight is 390 g/mol. The first-order chi connectivity index (χ1) is 14.6. The third kappa shape index (κ3) is 2.05. The quantitative estimate of drug-likeness (QED) is 0.424. The Morgan fingerprint density at radius 2 is 1.50 bits per heavy atom. The molecule has 0 radical (unpaired) electrons. The van der Waals surface area contributed by atoms with Crippen LogP contribution in [0.2, 0.25) is 0 Å². The Hall–Kier alpha value is -3.92. The van der Waals surface area contributed by atoms with Crippen LogP contribution in [0.15, 0.2) is 76.5 Å². The molecule has 0 fully saturated rings. The van der Waals surface area contributed by atoms with Crippen LogP contribution >= 0.6 is 0 Å². The van der Waals surface area contributed by atoms with Crippen LogP contribution in [0.5, 0.6) is 5.88 Å². The largest absolute Gasteiger partial charge is 0.494 e. The summed E-state index contributed by atoms with van der Waals surface area (Å²) in [6.45, 7) is 3.91. The molecule has 2 heterocycles.